The van der Waals surface area contributed by atoms with E-state index in [0.29, 0.717) is 30.5 Å². The molecule has 0 aliphatic heterocycles. The number of amides is 2. The van der Waals surface area contributed by atoms with Crippen LogP contribution in [0.4, 0.5) is 4.79 Å². The number of hydrogen-bond acceptors (Lipinski definition) is 2. The average molecular weight is 372 g/mol. The molecule has 2 N–H and O–H groups in total. The molecule has 2 amide bonds. The Bertz CT molecular complexity index is 878. The highest BCUT2D eigenvalue weighted by molar-refractivity contribution is 6.30. The molecule has 26 heavy (non-hydrogen) atoms. The van der Waals surface area contributed by atoms with Crippen molar-refractivity contribution in [2.75, 3.05) is 26.7 Å². The number of H-pyrrole nitrogens is 1. The van der Waals surface area contributed by atoms with E-state index < -0.39 is 0 Å². The summed E-state index contributed by atoms with van der Waals surface area (Å²) in [6.45, 7) is 1.48. The van der Waals surface area contributed by atoms with Crippen LogP contribution < -0.4 is 10.1 Å². The number of carbonyl (C=O) groups excluding carboxylic acids is 1. The van der Waals surface area contributed by atoms with Gasteiger partial charge in [0, 0.05) is 35.7 Å². The van der Waals surface area contributed by atoms with E-state index in [4.69, 9.17) is 16.3 Å². The van der Waals surface area contributed by atoms with Crippen LogP contribution in [0.2, 0.25) is 5.02 Å². The van der Waals surface area contributed by atoms with Crippen molar-refractivity contribution in [3.05, 3.63) is 65.3 Å². The van der Waals surface area contributed by atoms with E-state index in [-0.39, 0.29) is 6.03 Å². The minimum Gasteiger partial charge on any atom is -0.492 e. The molecule has 0 fully saturated rings. The Morgan fingerprint density at radius 2 is 2.08 bits per heavy atom. The molecule has 0 saturated carbocycles. The van der Waals surface area contributed by atoms with Crippen molar-refractivity contribution in [3.63, 3.8) is 0 Å². The van der Waals surface area contributed by atoms with Crippen LogP contribution in [0.5, 0.6) is 5.75 Å². The fraction of sp³-hybridized carbons (Fsp3) is 0.250. The summed E-state index contributed by atoms with van der Waals surface area (Å²) < 4.78 is 5.61. The minimum atomic E-state index is -0.112. The minimum absolute atomic E-state index is 0.112. The van der Waals surface area contributed by atoms with Crippen molar-refractivity contribution in [2.45, 2.75) is 6.42 Å². The maximum Gasteiger partial charge on any atom is 0.317 e. The van der Waals surface area contributed by atoms with Gasteiger partial charge in [0.05, 0.1) is 6.54 Å². The molecule has 0 saturated heterocycles. The van der Waals surface area contributed by atoms with Crippen LogP contribution in [0.1, 0.15) is 5.56 Å². The number of ether oxygens (including phenoxy) is 1. The molecule has 136 valence electrons. The molecule has 1 heterocycles. The Kier molecular flexibility index (Phi) is 6.02. The first-order valence-electron chi connectivity index (χ1n) is 8.56. The SMILES string of the molecule is CN(CCOc1cccc(Cl)c1)C(=O)NCCc1c[nH]c2ccccc12. The lowest BCUT2D eigenvalue weighted by Gasteiger charge is -2.18. The maximum atomic E-state index is 12.2. The molecule has 5 nitrogen and oxygen atoms in total. The smallest absolute Gasteiger partial charge is 0.317 e. The lowest BCUT2D eigenvalue weighted by atomic mass is 10.1. The molecule has 2 aromatic carbocycles. The second kappa shape index (κ2) is 8.63. The van der Waals surface area contributed by atoms with Gasteiger partial charge in [0.2, 0.25) is 0 Å². The number of halogens is 1. The van der Waals surface area contributed by atoms with Gasteiger partial charge in [-0.3, -0.25) is 0 Å². The fourth-order valence-electron chi connectivity index (χ4n) is 2.74. The molecule has 0 radical (unpaired) electrons. The van der Waals surface area contributed by atoms with Crippen molar-refractivity contribution >= 4 is 28.5 Å². The van der Waals surface area contributed by atoms with Crippen LogP contribution in [0.25, 0.3) is 10.9 Å². The van der Waals surface area contributed by atoms with Crippen LogP contribution in [0.15, 0.2) is 54.7 Å². The number of nitrogens with one attached hydrogen (secondary N) is 2. The topological polar surface area (TPSA) is 57.4 Å². The van der Waals surface area contributed by atoms with E-state index in [1.807, 2.05) is 36.5 Å². The lowest BCUT2D eigenvalue weighted by Crippen LogP contribution is -2.40. The summed E-state index contributed by atoms with van der Waals surface area (Å²) in [4.78, 5) is 17.0. The van der Waals surface area contributed by atoms with E-state index >= 15 is 0 Å². The molecule has 0 aliphatic rings. The van der Waals surface area contributed by atoms with Crippen LogP contribution >= 0.6 is 11.6 Å². The van der Waals surface area contributed by atoms with E-state index in [0.717, 1.165) is 11.9 Å². The third-order valence-corrected chi connectivity index (χ3v) is 4.42. The average Bonchev–Trinajstić information content (AvgIpc) is 3.05. The molecular formula is C20H22ClN3O2. The molecule has 0 unspecified atom stereocenters. The molecular weight excluding hydrogens is 350 g/mol. The summed E-state index contributed by atoms with van der Waals surface area (Å²) in [5.41, 5.74) is 2.32. The van der Waals surface area contributed by atoms with Crippen molar-refractivity contribution in [2.24, 2.45) is 0 Å². The number of carbonyl (C=O) groups is 1. The molecule has 0 atom stereocenters. The summed E-state index contributed by atoms with van der Waals surface area (Å²) in [6, 6.07) is 15.3. The van der Waals surface area contributed by atoms with Crippen LogP contribution in [0, 0.1) is 0 Å². The zero-order chi connectivity index (χ0) is 18.4. The molecule has 0 bridgehead atoms. The second-order valence-corrected chi connectivity index (χ2v) is 6.51. The summed E-state index contributed by atoms with van der Waals surface area (Å²) >= 11 is 5.92. The molecule has 3 rings (SSSR count). The van der Waals surface area contributed by atoms with Gasteiger partial charge in [-0.15, -0.1) is 0 Å². The van der Waals surface area contributed by atoms with Crippen molar-refractivity contribution in [1.82, 2.24) is 15.2 Å². The predicted molar refractivity (Wildman–Crippen MR) is 105 cm³/mol. The number of nitrogens with zero attached hydrogens (tertiary/aromatic N) is 1. The zero-order valence-corrected chi connectivity index (χ0v) is 15.4. The third kappa shape index (κ3) is 4.70. The first-order chi connectivity index (χ1) is 12.6. The van der Waals surface area contributed by atoms with Crippen molar-refractivity contribution in [1.29, 1.82) is 0 Å². The number of para-hydroxylation sites is 1. The van der Waals surface area contributed by atoms with Crippen LogP contribution in [0.3, 0.4) is 0 Å². The molecule has 0 spiro atoms. The molecule has 1 aromatic heterocycles. The Labute approximate surface area is 157 Å². The fourth-order valence-corrected chi connectivity index (χ4v) is 2.92. The highest BCUT2D eigenvalue weighted by Gasteiger charge is 2.09. The number of urea groups is 1. The summed E-state index contributed by atoms with van der Waals surface area (Å²) in [5.74, 6) is 0.700. The van der Waals surface area contributed by atoms with E-state index in [2.05, 4.69) is 16.4 Å². The van der Waals surface area contributed by atoms with Crippen molar-refractivity contribution in [3.8, 4) is 5.75 Å². The second-order valence-electron chi connectivity index (χ2n) is 6.07. The van der Waals surface area contributed by atoms with Gasteiger partial charge in [0.25, 0.3) is 0 Å². The van der Waals surface area contributed by atoms with Gasteiger partial charge >= 0.3 is 6.03 Å². The Hall–Kier alpha value is -2.66. The van der Waals surface area contributed by atoms with E-state index in [9.17, 15) is 4.79 Å². The normalized spacial score (nSPS) is 10.7. The summed E-state index contributed by atoms with van der Waals surface area (Å²) in [7, 11) is 1.75. The number of fused-ring (bicyclic) bond motifs is 1. The predicted octanol–water partition coefficient (Wildman–Crippen LogP) is 4.08. The standard InChI is InChI=1S/C20H22ClN3O2/c1-24(11-12-26-17-6-4-5-16(21)13-17)20(25)22-10-9-15-14-23-19-8-3-2-7-18(15)19/h2-8,13-14,23H,9-12H2,1H3,(H,22,25). The van der Waals surface area contributed by atoms with Gasteiger partial charge in [-0.25, -0.2) is 4.79 Å². The van der Waals surface area contributed by atoms with Gasteiger partial charge < -0.3 is 19.9 Å². The number of aromatic amines is 1. The third-order valence-electron chi connectivity index (χ3n) is 4.18. The summed E-state index contributed by atoms with van der Waals surface area (Å²) in [6.07, 6.45) is 2.78. The Morgan fingerprint density at radius 1 is 1.23 bits per heavy atom. The quantitative estimate of drug-likeness (QED) is 0.657. The van der Waals surface area contributed by atoms with E-state index in [1.54, 1.807) is 24.1 Å². The maximum absolute atomic E-state index is 12.2. The first-order valence-corrected chi connectivity index (χ1v) is 8.93. The molecule has 6 heteroatoms. The monoisotopic (exact) mass is 371 g/mol. The largest absolute Gasteiger partial charge is 0.492 e. The lowest BCUT2D eigenvalue weighted by molar-refractivity contribution is 0.195. The summed E-state index contributed by atoms with van der Waals surface area (Å²) in [5, 5.41) is 4.77. The van der Waals surface area contributed by atoms with Gasteiger partial charge in [0.1, 0.15) is 12.4 Å². The van der Waals surface area contributed by atoms with Gasteiger partial charge in [-0.1, -0.05) is 35.9 Å². The number of likely N-dealkylation sites (N-methyl/N-ethyl adjacent to an activating group) is 1. The molecule has 0 aliphatic carbocycles. The highest BCUT2D eigenvalue weighted by atomic mass is 35.5. The number of aromatic nitrogens is 1. The Morgan fingerprint density at radius 3 is 2.92 bits per heavy atom. The Balaban J connectivity index is 1.40. The number of hydrogen-bond donors (Lipinski definition) is 2. The number of benzene rings is 2. The molecule has 3 aromatic rings. The highest BCUT2D eigenvalue weighted by Crippen LogP contribution is 2.18. The van der Waals surface area contributed by atoms with Gasteiger partial charge in [-0.2, -0.15) is 0 Å². The first kappa shape index (κ1) is 18.1. The zero-order valence-electron chi connectivity index (χ0n) is 14.7. The van der Waals surface area contributed by atoms with Gasteiger partial charge in [0.15, 0.2) is 0 Å². The van der Waals surface area contributed by atoms with Gasteiger partial charge in [-0.05, 0) is 36.2 Å². The van der Waals surface area contributed by atoms with E-state index in [1.165, 1.54) is 10.9 Å². The van der Waals surface area contributed by atoms with Crippen molar-refractivity contribution < 1.29 is 9.53 Å². The number of rotatable bonds is 7. The van der Waals surface area contributed by atoms with Crippen LogP contribution in [-0.4, -0.2) is 42.7 Å². The van der Waals surface area contributed by atoms with Crippen LogP contribution in [-0.2, 0) is 6.42 Å².